The van der Waals surface area contributed by atoms with Crippen molar-refractivity contribution in [1.82, 2.24) is 9.97 Å². The largest absolute Gasteiger partial charge is 0.494 e. The number of benzene rings is 1. The topological polar surface area (TPSA) is 67.3 Å². The molecule has 2 aromatic rings. The van der Waals surface area contributed by atoms with Crippen molar-refractivity contribution in [3.05, 3.63) is 42.7 Å². The average Bonchev–Trinajstić information content (AvgIpc) is 2.64. The third kappa shape index (κ3) is 4.01. The Bertz CT molecular complexity index is 660. The second-order valence-electron chi connectivity index (χ2n) is 5.78. The first kappa shape index (κ1) is 16.2. The number of hydrogen-bond acceptors (Lipinski definition) is 5. The molecule has 2 heterocycles. The molecule has 6 heteroatoms. The Kier molecular flexibility index (Phi) is 5.25. The first-order chi connectivity index (χ1) is 11.8. The van der Waals surface area contributed by atoms with Gasteiger partial charge in [-0.1, -0.05) is 0 Å². The van der Waals surface area contributed by atoms with Crippen LogP contribution in [0.2, 0.25) is 0 Å². The molecular formula is C18H22N4O2. The van der Waals surface area contributed by atoms with E-state index in [-0.39, 0.29) is 11.8 Å². The molecule has 0 radical (unpaired) electrons. The number of anilines is 2. The molecule has 1 atom stereocenters. The molecule has 1 saturated heterocycles. The van der Waals surface area contributed by atoms with Crippen LogP contribution in [0.4, 0.5) is 11.6 Å². The Balaban J connectivity index is 1.60. The van der Waals surface area contributed by atoms with Crippen molar-refractivity contribution in [2.75, 3.05) is 29.9 Å². The summed E-state index contributed by atoms with van der Waals surface area (Å²) in [5.41, 5.74) is 0.788. The van der Waals surface area contributed by atoms with E-state index in [2.05, 4.69) is 20.2 Å². The van der Waals surface area contributed by atoms with E-state index in [1.807, 2.05) is 31.2 Å². The summed E-state index contributed by atoms with van der Waals surface area (Å²) in [6.07, 6.45) is 5.30. The second-order valence-corrected chi connectivity index (χ2v) is 5.78. The molecule has 1 aliphatic heterocycles. The summed E-state index contributed by atoms with van der Waals surface area (Å²) >= 11 is 0. The number of carbonyl (C=O) groups excluding carboxylic acids is 1. The summed E-state index contributed by atoms with van der Waals surface area (Å²) in [4.78, 5) is 23.2. The summed E-state index contributed by atoms with van der Waals surface area (Å²) in [7, 11) is 0. The lowest BCUT2D eigenvalue weighted by atomic mass is 9.97. The van der Waals surface area contributed by atoms with Gasteiger partial charge in [0.25, 0.3) is 0 Å². The Morgan fingerprint density at radius 2 is 2.04 bits per heavy atom. The molecule has 1 N–H and O–H groups in total. The fourth-order valence-electron chi connectivity index (χ4n) is 2.87. The molecule has 126 valence electrons. The summed E-state index contributed by atoms with van der Waals surface area (Å²) in [5.74, 6) is 1.48. The van der Waals surface area contributed by atoms with Gasteiger partial charge in [0, 0.05) is 31.2 Å². The lowest BCUT2D eigenvalue weighted by Crippen LogP contribution is -2.41. The number of carbonyl (C=O) groups is 1. The minimum atomic E-state index is -0.0610. The quantitative estimate of drug-likeness (QED) is 0.915. The molecule has 3 rings (SSSR count). The lowest BCUT2D eigenvalue weighted by molar-refractivity contribution is -0.120. The van der Waals surface area contributed by atoms with Crippen molar-refractivity contribution < 1.29 is 9.53 Å². The van der Waals surface area contributed by atoms with Gasteiger partial charge in [0.05, 0.1) is 12.5 Å². The molecule has 24 heavy (non-hydrogen) atoms. The third-order valence-electron chi connectivity index (χ3n) is 4.06. The first-order valence-electron chi connectivity index (χ1n) is 8.32. The van der Waals surface area contributed by atoms with Crippen LogP contribution in [0.15, 0.2) is 42.7 Å². The van der Waals surface area contributed by atoms with Crippen LogP contribution in [0.25, 0.3) is 0 Å². The summed E-state index contributed by atoms with van der Waals surface area (Å²) in [6.45, 7) is 4.11. The summed E-state index contributed by atoms with van der Waals surface area (Å²) < 4.78 is 5.41. The smallest absolute Gasteiger partial charge is 0.229 e. The van der Waals surface area contributed by atoms with E-state index >= 15 is 0 Å². The highest BCUT2D eigenvalue weighted by atomic mass is 16.5. The predicted molar refractivity (Wildman–Crippen MR) is 93.2 cm³/mol. The molecule has 1 aromatic heterocycles. The lowest BCUT2D eigenvalue weighted by Gasteiger charge is -2.31. The Labute approximate surface area is 141 Å². The van der Waals surface area contributed by atoms with E-state index < -0.39 is 0 Å². The van der Waals surface area contributed by atoms with Crippen LogP contribution in [0.3, 0.4) is 0 Å². The summed E-state index contributed by atoms with van der Waals surface area (Å²) in [6, 6.07) is 9.26. The van der Waals surface area contributed by atoms with Crippen molar-refractivity contribution in [2.45, 2.75) is 19.8 Å². The van der Waals surface area contributed by atoms with Crippen molar-refractivity contribution in [3.63, 3.8) is 0 Å². The van der Waals surface area contributed by atoms with Crippen LogP contribution in [0, 0.1) is 5.92 Å². The number of rotatable bonds is 5. The number of hydrogen-bond donors (Lipinski definition) is 1. The molecule has 1 amide bonds. The average molecular weight is 326 g/mol. The van der Waals surface area contributed by atoms with Crippen molar-refractivity contribution in [3.8, 4) is 5.75 Å². The SMILES string of the molecule is CCOc1ccc(NC(=O)[C@H]2CCCN(c3ncccn3)C2)cc1. The second kappa shape index (κ2) is 7.77. The van der Waals surface area contributed by atoms with E-state index in [1.54, 1.807) is 18.5 Å². The van der Waals surface area contributed by atoms with Crippen LogP contribution >= 0.6 is 0 Å². The third-order valence-corrected chi connectivity index (χ3v) is 4.06. The zero-order chi connectivity index (χ0) is 16.8. The standard InChI is InChI=1S/C18H22N4O2/c1-2-24-16-8-6-15(7-9-16)21-17(23)14-5-3-12-22(13-14)18-19-10-4-11-20-18/h4,6-11,14H,2-3,5,12-13H2,1H3,(H,21,23)/t14-/m0/s1. The number of ether oxygens (including phenoxy) is 1. The number of nitrogens with zero attached hydrogens (tertiary/aromatic N) is 3. The predicted octanol–water partition coefficient (Wildman–Crippen LogP) is 2.73. The first-order valence-corrected chi connectivity index (χ1v) is 8.32. The molecule has 0 saturated carbocycles. The number of aromatic nitrogens is 2. The van der Waals surface area contributed by atoms with Gasteiger partial charge < -0.3 is 15.0 Å². The fraction of sp³-hybridized carbons (Fsp3) is 0.389. The normalized spacial score (nSPS) is 17.4. The van der Waals surface area contributed by atoms with Crippen LogP contribution in [0.1, 0.15) is 19.8 Å². The van der Waals surface area contributed by atoms with Gasteiger partial charge in [0.2, 0.25) is 11.9 Å². The summed E-state index contributed by atoms with van der Waals surface area (Å²) in [5, 5.41) is 2.99. The van der Waals surface area contributed by atoms with Crippen LogP contribution in [-0.2, 0) is 4.79 Å². The van der Waals surface area contributed by atoms with E-state index in [9.17, 15) is 4.79 Å². The monoisotopic (exact) mass is 326 g/mol. The van der Waals surface area contributed by atoms with Gasteiger partial charge in [-0.2, -0.15) is 0 Å². The van der Waals surface area contributed by atoms with Gasteiger partial charge in [-0.05, 0) is 50.1 Å². The van der Waals surface area contributed by atoms with Gasteiger partial charge in [-0.25, -0.2) is 9.97 Å². The van der Waals surface area contributed by atoms with E-state index in [0.717, 1.165) is 30.8 Å². The van der Waals surface area contributed by atoms with Crippen LogP contribution in [0.5, 0.6) is 5.75 Å². The zero-order valence-corrected chi connectivity index (χ0v) is 13.8. The highest BCUT2D eigenvalue weighted by molar-refractivity contribution is 5.93. The molecule has 0 unspecified atom stereocenters. The number of amides is 1. The Morgan fingerprint density at radius 1 is 1.29 bits per heavy atom. The molecule has 0 bridgehead atoms. The Hall–Kier alpha value is -2.63. The molecule has 0 spiro atoms. The van der Waals surface area contributed by atoms with E-state index in [1.165, 1.54) is 0 Å². The van der Waals surface area contributed by atoms with Crippen LogP contribution in [-0.4, -0.2) is 35.6 Å². The van der Waals surface area contributed by atoms with E-state index in [0.29, 0.717) is 19.1 Å². The maximum Gasteiger partial charge on any atom is 0.229 e. The molecule has 1 aliphatic rings. The molecule has 1 aromatic carbocycles. The highest BCUT2D eigenvalue weighted by Crippen LogP contribution is 2.22. The fourth-order valence-corrected chi connectivity index (χ4v) is 2.87. The minimum Gasteiger partial charge on any atom is -0.494 e. The maximum atomic E-state index is 12.5. The maximum absolute atomic E-state index is 12.5. The highest BCUT2D eigenvalue weighted by Gasteiger charge is 2.27. The van der Waals surface area contributed by atoms with Gasteiger partial charge in [0.15, 0.2) is 0 Å². The molecule has 1 fully saturated rings. The molecular weight excluding hydrogens is 304 g/mol. The van der Waals surface area contributed by atoms with Crippen molar-refractivity contribution in [1.29, 1.82) is 0 Å². The molecule has 0 aliphatic carbocycles. The van der Waals surface area contributed by atoms with Crippen molar-refractivity contribution >= 4 is 17.5 Å². The Morgan fingerprint density at radius 3 is 2.75 bits per heavy atom. The van der Waals surface area contributed by atoms with Gasteiger partial charge >= 0.3 is 0 Å². The van der Waals surface area contributed by atoms with Gasteiger partial charge in [0.1, 0.15) is 5.75 Å². The van der Waals surface area contributed by atoms with Gasteiger partial charge in [-0.3, -0.25) is 4.79 Å². The zero-order valence-electron chi connectivity index (χ0n) is 13.8. The molecule has 6 nitrogen and oxygen atoms in total. The number of piperidine rings is 1. The van der Waals surface area contributed by atoms with Crippen LogP contribution < -0.4 is 15.0 Å². The van der Waals surface area contributed by atoms with Crippen molar-refractivity contribution in [2.24, 2.45) is 5.92 Å². The number of nitrogens with one attached hydrogen (secondary N) is 1. The minimum absolute atomic E-state index is 0.0415. The van der Waals surface area contributed by atoms with E-state index in [4.69, 9.17) is 4.74 Å². The van der Waals surface area contributed by atoms with Gasteiger partial charge in [-0.15, -0.1) is 0 Å².